The first-order valence-corrected chi connectivity index (χ1v) is 5.89. The first-order valence-electron chi connectivity index (χ1n) is 5.51. The average molecular weight is 234 g/mol. The van der Waals surface area contributed by atoms with Crippen LogP contribution in [0.2, 0.25) is 5.15 Å². The fourth-order valence-electron chi connectivity index (χ4n) is 2.22. The molecule has 3 nitrogen and oxygen atoms in total. The van der Waals surface area contributed by atoms with Crippen LogP contribution in [0.25, 0.3) is 11.4 Å². The average Bonchev–Trinajstić information content (AvgIpc) is 2.69. The van der Waals surface area contributed by atoms with Gasteiger partial charge >= 0.3 is 0 Å². The summed E-state index contributed by atoms with van der Waals surface area (Å²) in [7, 11) is 0. The van der Waals surface area contributed by atoms with Crippen molar-refractivity contribution in [1.82, 2.24) is 14.5 Å². The van der Waals surface area contributed by atoms with Gasteiger partial charge in [0.1, 0.15) is 5.82 Å². The molecule has 0 unspecified atom stereocenters. The molecule has 0 bridgehead atoms. The number of nitrogens with zero attached hydrogens (tertiary/aromatic N) is 3. The Morgan fingerprint density at radius 2 is 2.00 bits per heavy atom. The molecule has 2 aromatic heterocycles. The van der Waals surface area contributed by atoms with Crippen LogP contribution in [0.3, 0.4) is 0 Å². The van der Waals surface area contributed by atoms with Crippen LogP contribution < -0.4 is 0 Å². The zero-order chi connectivity index (χ0) is 11.0. The molecule has 16 heavy (non-hydrogen) atoms. The molecule has 1 aliphatic heterocycles. The molecule has 0 atom stereocenters. The van der Waals surface area contributed by atoms with Crippen molar-refractivity contribution >= 4 is 11.6 Å². The number of hydrogen-bond donors (Lipinski definition) is 0. The summed E-state index contributed by atoms with van der Waals surface area (Å²) < 4.78 is 2.24. The standard InChI is InChI=1S/C12H12ClN3/c13-11-10-3-1-2-8-16(10)12(15-11)9-4-6-14-7-5-9/h4-7H,1-3,8H2. The molecule has 4 heteroatoms. The highest BCUT2D eigenvalue weighted by Gasteiger charge is 2.19. The zero-order valence-corrected chi connectivity index (χ0v) is 9.61. The van der Waals surface area contributed by atoms with Gasteiger partial charge in [0, 0.05) is 24.5 Å². The van der Waals surface area contributed by atoms with Gasteiger partial charge in [-0.25, -0.2) is 4.98 Å². The van der Waals surface area contributed by atoms with Crippen LogP contribution in [0, 0.1) is 0 Å². The summed E-state index contributed by atoms with van der Waals surface area (Å²) in [5, 5.41) is 0.659. The van der Waals surface area contributed by atoms with Crippen LogP contribution in [0.5, 0.6) is 0 Å². The van der Waals surface area contributed by atoms with E-state index in [0.29, 0.717) is 5.15 Å². The third-order valence-corrected chi connectivity index (χ3v) is 3.31. The molecule has 0 fully saturated rings. The molecular formula is C12H12ClN3. The van der Waals surface area contributed by atoms with Gasteiger partial charge in [-0.15, -0.1) is 0 Å². The summed E-state index contributed by atoms with van der Waals surface area (Å²) in [6.45, 7) is 1.02. The van der Waals surface area contributed by atoms with Gasteiger partial charge in [-0.1, -0.05) is 11.6 Å². The summed E-state index contributed by atoms with van der Waals surface area (Å²) in [4.78, 5) is 8.48. The van der Waals surface area contributed by atoms with Gasteiger partial charge < -0.3 is 4.57 Å². The number of fused-ring (bicyclic) bond motifs is 1. The minimum atomic E-state index is 0.659. The topological polar surface area (TPSA) is 30.7 Å². The molecule has 0 N–H and O–H groups in total. The fourth-order valence-corrected chi connectivity index (χ4v) is 2.50. The highest BCUT2D eigenvalue weighted by molar-refractivity contribution is 6.30. The lowest BCUT2D eigenvalue weighted by Gasteiger charge is -2.16. The van der Waals surface area contributed by atoms with Crippen molar-refractivity contribution in [1.29, 1.82) is 0 Å². The largest absolute Gasteiger partial charge is 0.327 e. The Balaban J connectivity index is 2.15. The summed E-state index contributed by atoms with van der Waals surface area (Å²) in [5.74, 6) is 0.974. The van der Waals surface area contributed by atoms with E-state index in [-0.39, 0.29) is 0 Å². The first kappa shape index (κ1) is 9.85. The molecule has 3 heterocycles. The van der Waals surface area contributed by atoms with E-state index < -0.39 is 0 Å². The molecule has 2 aromatic rings. The zero-order valence-electron chi connectivity index (χ0n) is 8.86. The SMILES string of the molecule is Clc1nc(-c2ccncc2)n2c1CCCC2. The Labute approximate surface area is 99.1 Å². The van der Waals surface area contributed by atoms with Crippen LogP contribution in [-0.4, -0.2) is 14.5 Å². The lowest BCUT2D eigenvalue weighted by atomic mass is 10.1. The Morgan fingerprint density at radius 3 is 2.81 bits per heavy atom. The molecule has 3 rings (SSSR count). The molecule has 0 amide bonds. The van der Waals surface area contributed by atoms with Crippen molar-refractivity contribution in [3.8, 4) is 11.4 Å². The lowest BCUT2D eigenvalue weighted by molar-refractivity contribution is 0.536. The van der Waals surface area contributed by atoms with E-state index in [2.05, 4.69) is 14.5 Å². The van der Waals surface area contributed by atoms with Crippen molar-refractivity contribution in [3.05, 3.63) is 35.4 Å². The van der Waals surface area contributed by atoms with E-state index >= 15 is 0 Å². The van der Waals surface area contributed by atoms with Crippen molar-refractivity contribution in [2.45, 2.75) is 25.8 Å². The fraction of sp³-hybridized carbons (Fsp3) is 0.333. The Kier molecular flexibility index (Phi) is 2.40. The predicted molar refractivity (Wildman–Crippen MR) is 63.4 cm³/mol. The normalized spacial score (nSPS) is 14.8. The maximum absolute atomic E-state index is 6.17. The van der Waals surface area contributed by atoms with Gasteiger partial charge in [-0.2, -0.15) is 0 Å². The number of rotatable bonds is 1. The van der Waals surface area contributed by atoms with E-state index in [4.69, 9.17) is 11.6 Å². The minimum absolute atomic E-state index is 0.659. The number of hydrogen-bond acceptors (Lipinski definition) is 2. The second kappa shape index (κ2) is 3.91. The van der Waals surface area contributed by atoms with Gasteiger partial charge in [-0.3, -0.25) is 4.98 Å². The molecule has 82 valence electrons. The summed E-state index contributed by atoms with van der Waals surface area (Å²) in [6, 6.07) is 3.95. The molecule has 0 spiro atoms. The van der Waals surface area contributed by atoms with E-state index in [1.165, 1.54) is 18.5 Å². The van der Waals surface area contributed by atoms with Crippen molar-refractivity contribution in [3.63, 3.8) is 0 Å². The van der Waals surface area contributed by atoms with Gasteiger partial charge in [0.25, 0.3) is 0 Å². The smallest absolute Gasteiger partial charge is 0.150 e. The Hall–Kier alpha value is -1.35. The van der Waals surface area contributed by atoms with E-state index in [1.807, 2.05) is 12.1 Å². The second-order valence-electron chi connectivity index (χ2n) is 4.02. The molecule has 1 aliphatic rings. The van der Waals surface area contributed by atoms with Crippen molar-refractivity contribution in [2.24, 2.45) is 0 Å². The van der Waals surface area contributed by atoms with Gasteiger partial charge in [-0.05, 0) is 31.4 Å². The number of imidazole rings is 1. The third kappa shape index (κ3) is 1.52. The predicted octanol–water partition coefficient (Wildman–Crippen LogP) is 2.93. The monoisotopic (exact) mass is 233 g/mol. The number of aromatic nitrogens is 3. The van der Waals surface area contributed by atoms with Crippen LogP contribution in [0.15, 0.2) is 24.5 Å². The molecule has 0 saturated carbocycles. The van der Waals surface area contributed by atoms with Crippen molar-refractivity contribution in [2.75, 3.05) is 0 Å². The van der Waals surface area contributed by atoms with E-state index in [9.17, 15) is 0 Å². The molecule has 0 radical (unpaired) electrons. The van der Waals surface area contributed by atoms with Crippen LogP contribution in [0.4, 0.5) is 0 Å². The molecular weight excluding hydrogens is 222 g/mol. The maximum atomic E-state index is 6.17. The number of halogens is 1. The minimum Gasteiger partial charge on any atom is -0.327 e. The maximum Gasteiger partial charge on any atom is 0.150 e. The summed E-state index contributed by atoms with van der Waals surface area (Å²) in [5.41, 5.74) is 2.27. The number of pyridine rings is 1. The summed E-state index contributed by atoms with van der Waals surface area (Å²) in [6.07, 6.45) is 7.03. The van der Waals surface area contributed by atoms with Crippen LogP contribution in [-0.2, 0) is 13.0 Å². The highest BCUT2D eigenvalue weighted by atomic mass is 35.5. The first-order chi connectivity index (χ1) is 7.86. The Bertz CT molecular complexity index is 504. The Morgan fingerprint density at radius 1 is 1.19 bits per heavy atom. The highest BCUT2D eigenvalue weighted by Crippen LogP contribution is 2.29. The molecule has 0 aromatic carbocycles. The van der Waals surface area contributed by atoms with E-state index in [0.717, 1.165) is 24.4 Å². The lowest BCUT2D eigenvalue weighted by Crippen LogP contribution is -2.10. The van der Waals surface area contributed by atoms with Crippen molar-refractivity contribution < 1.29 is 0 Å². The quantitative estimate of drug-likeness (QED) is 0.758. The second-order valence-corrected chi connectivity index (χ2v) is 4.38. The van der Waals surface area contributed by atoms with Crippen LogP contribution in [0.1, 0.15) is 18.5 Å². The van der Waals surface area contributed by atoms with Gasteiger partial charge in [0.05, 0.1) is 5.69 Å². The van der Waals surface area contributed by atoms with E-state index in [1.54, 1.807) is 12.4 Å². The van der Waals surface area contributed by atoms with Gasteiger partial charge in [0.2, 0.25) is 0 Å². The third-order valence-electron chi connectivity index (χ3n) is 3.01. The molecule has 0 saturated heterocycles. The van der Waals surface area contributed by atoms with Crippen LogP contribution >= 0.6 is 11.6 Å². The summed E-state index contributed by atoms with van der Waals surface area (Å²) >= 11 is 6.17. The molecule has 0 aliphatic carbocycles. The van der Waals surface area contributed by atoms with Gasteiger partial charge in [0.15, 0.2) is 5.15 Å².